The molecule has 0 radical (unpaired) electrons. The number of nitrogens with zero attached hydrogens (tertiary/aromatic N) is 1. The fourth-order valence-corrected chi connectivity index (χ4v) is 4.57. The second-order valence-electron chi connectivity index (χ2n) is 3.97. The Labute approximate surface area is 120 Å². The van der Waals surface area contributed by atoms with Gasteiger partial charge in [0.1, 0.15) is 0 Å². The number of sulfone groups is 2. The molecule has 0 unspecified atom stereocenters. The van der Waals surface area contributed by atoms with Crippen LogP contribution in [0.2, 0.25) is 0 Å². The highest BCUT2D eigenvalue weighted by Crippen LogP contribution is 2.27. The monoisotopic (exact) mass is 339 g/mol. The number of aliphatic hydroxyl groups is 2. The van der Waals surface area contributed by atoms with Crippen LogP contribution in [0.5, 0.6) is 0 Å². The fourth-order valence-electron chi connectivity index (χ4n) is 1.57. The summed E-state index contributed by atoms with van der Waals surface area (Å²) in [6.07, 6.45) is 0. The lowest BCUT2D eigenvalue weighted by Gasteiger charge is -2.10. The standard InChI is InChI=1S/C10H13NO8S2/c12-3-5-20(16,17)9-2-1-8(11(14)15)7-10(9)21(18,19)6-4-13/h1-2,7,12-13H,3-6H2. The molecule has 0 saturated carbocycles. The van der Waals surface area contributed by atoms with Gasteiger partial charge in [-0.1, -0.05) is 0 Å². The Morgan fingerprint density at radius 1 is 0.952 bits per heavy atom. The van der Waals surface area contributed by atoms with Crippen LogP contribution in [0.15, 0.2) is 28.0 Å². The van der Waals surface area contributed by atoms with Crippen LogP contribution in [0.25, 0.3) is 0 Å². The summed E-state index contributed by atoms with van der Waals surface area (Å²) in [7, 11) is -8.33. The Morgan fingerprint density at radius 2 is 1.43 bits per heavy atom. The van der Waals surface area contributed by atoms with Gasteiger partial charge in [0.25, 0.3) is 5.69 Å². The van der Waals surface area contributed by atoms with E-state index in [1.54, 1.807) is 0 Å². The topological polar surface area (TPSA) is 152 Å². The van der Waals surface area contributed by atoms with Gasteiger partial charge in [-0.25, -0.2) is 16.8 Å². The Bertz CT molecular complexity index is 738. The molecule has 118 valence electrons. The lowest BCUT2D eigenvalue weighted by Crippen LogP contribution is -2.18. The SMILES string of the molecule is O=[N+]([O-])c1ccc(S(=O)(=O)CCO)c(S(=O)(=O)CCO)c1. The van der Waals surface area contributed by atoms with Gasteiger partial charge in [-0.2, -0.15) is 0 Å². The average molecular weight is 339 g/mol. The van der Waals surface area contributed by atoms with E-state index in [1.807, 2.05) is 0 Å². The minimum Gasteiger partial charge on any atom is -0.395 e. The summed E-state index contributed by atoms with van der Waals surface area (Å²) in [5.74, 6) is -1.48. The summed E-state index contributed by atoms with van der Waals surface area (Å²) in [6.45, 7) is -1.48. The smallest absolute Gasteiger partial charge is 0.270 e. The first kappa shape index (κ1) is 17.5. The highest BCUT2D eigenvalue weighted by atomic mass is 32.2. The number of hydrogen-bond donors (Lipinski definition) is 2. The average Bonchev–Trinajstić information content (AvgIpc) is 2.37. The van der Waals surface area contributed by atoms with Crippen molar-refractivity contribution in [3.8, 4) is 0 Å². The van der Waals surface area contributed by atoms with Gasteiger partial charge in [0.15, 0.2) is 19.7 Å². The van der Waals surface area contributed by atoms with Gasteiger partial charge < -0.3 is 10.2 Å². The molecule has 0 heterocycles. The van der Waals surface area contributed by atoms with Crippen molar-refractivity contribution in [3.63, 3.8) is 0 Å². The molecule has 0 aliphatic carbocycles. The molecule has 11 heteroatoms. The van der Waals surface area contributed by atoms with Gasteiger partial charge in [0.2, 0.25) is 0 Å². The number of aliphatic hydroxyl groups excluding tert-OH is 2. The third kappa shape index (κ3) is 3.97. The molecule has 0 saturated heterocycles. The van der Waals surface area contributed by atoms with E-state index < -0.39 is 64.8 Å². The summed E-state index contributed by atoms with van der Waals surface area (Å²) < 4.78 is 47.8. The normalized spacial score (nSPS) is 12.3. The molecule has 0 bridgehead atoms. The molecule has 0 aliphatic heterocycles. The van der Waals surface area contributed by atoms with E-state index in [-0.39, 0.29) is 0 Å². The molecule has 0 aromatic heterocycles. The predicted molar refractivity (Wildman–Crippen MR) is 71.4 cm³/mol. The molecule has 2 N–H and O–H groups in total. The van der Waals surface area contributed by atoms with Crippen molar-refractivity contribution in [3.05, 3.63) is 28.3 Å². The Balaban J connectivity index is 3.63. The van der Waals surface area contributed by atoms with Gasteiger partial charge in [-0.15, -0.1) is 0 Å². The molecule has 1 rings (SSSR count). The van der Waals surface area contributed by atoms with Gasteiger partial charge in [-0.3, -0.25) is 10.1 Å². The van der Waals surface area contributed by atoms with Crippen LogP contribution in [0.1, 0.15) is 0 Å². The van der Waals surface area contributed by atoms with E-state index in [0.29, 0.717) is 6.07 Å². The maximum Gasteiger partial charge on any atom is 0.270 e. The van der Waals surface area contributed by atoms with Crippen LogP contribution >= 0.6 is 0 Å². The van der Waals surface area contributed by atoms with Crippen molar-refractivity contribution in [2.75, 3.05) is 24.7 Å². The summed E-state index contributed by atoms with van der Waals surface area (Å²) in [5.41, 5.74) is -0.588. The van der Waals surface area contributed by atoms with Crippen molar-refractivity contribution < 1.29 is 32.0 Å². The van der Waals surface area contributed by atoms with Crippen LogP contribution in [-0.4, -0.2) is 56.7 Å². The van der Waals surface area contributed by atoms with Crippen LogP contribution in [0, 0.1) is 10.1 Å². The third-order valence-corrected chi connectivity index (χ3v) is 6.13. The molecule has 21 heavy (non-hydrogen) atoms. The third-order valence-electron chi connectivity index (χ3n) is 2.53. The zero-order valence-electron chi connectivity index (χ0n) is 10.7. The lowest BCUT2D eigenvalue weighted by molar-refractivity contribution is -0.385. The molecule has 0 aliphatic rings. The highest BCUT2D eigenvalue weighted by molar-refractivity contribution is 7.94. The molecule has 1 aromatic carbocycles. The van der Waals surface area contributed by atoms with Gasteiger partial charge in [0.05, 0.1) is 39.4 Å². The largest absolute Gasteiger partial charge is 0.395 e. The van der Waals surface area contributed by atoms with E-state index in [0.717, 1.165) is 12.1 Å². The molecular formula is C10H13NO8S2. The van der Waals surface area contributed by atoms with Crippen molar-refractivity contribution in [2.45, 2.75) is 9.79 Å². The molecular weight excluding hydrogens is 326 g/mol. The minimum absolute atomic E-state index is 0.588. The quantitative estimate of drug-likeness (QED) is 0.480. The van der Waals surface area contributed by atoms with Crippen LogP contribution in [0.3, 0.4) is 0 Å². The van der Waals surface area contributed by atoms with Crippen LogP contribution in [0.4, 0.5) is 5.69 Å². The predicted octanol–water partition coefficient (Wildman–Crippen LogP) is -0.873. The van der Waals surface area contributed by atoms with E-state index in [9.17, 15) is 26.9 Å². The van der Waals surface area contributed by atoms with Crippen molar-refractivity contribution >= 4 is 25.4 Å². The zero-order chi connectivity index (χ0) is 16.3. The lowest BCUT2D eigenvalue weighted by atomic mass is 10.3. The number of nitro benzene ring substituents is 1. The number of non-ortho nitro benzene ring substituents is 1. The first-order chi connectivity index (χ1) is 9.65. The van der Waals surface area contributed by atoms with Crippen molar-refractivity contribution in [2.24, 2.45) is 0 Å². The van der Waals surface area contributed by atoms with Crippen LogP contribution < -0.4 is 0 Å². The highest BCUT2D eigenvalue weighted by Gasteiger charge is 2.28. The van der Waals surface area contributed by atoms with Gasteiger partial charge in [-0.05, 0) is 6.07 Å². The van der Waals surface area contributed by atoms with Gasteiger partial charge in [0, 0.05) is 12.1 Å². The van der Waals surface area contributed by atoms with Gasteiger partial charge >= 0.3 is 0 Å². The fraction of sp³-hybridized carbons (Fsp3) is 0.400. The summed E-state index contributed by atoms with van der Waals surface area (Å²) in [6, 6.07) is 2.31. The Morgan fingerprint density at radius 3 is 1.86 bits per heavy atom. The summed E-state index contributed by atoms with van der Waals surface area (Å²) in [4.78, 5) is 8.46. The first-order valence-electron chi connectivity index (χ1n) is 5.61. The van der Waals surface area contributed by atoms with Crippen LogP contribution in [-0.2, 0) is 19.7 Å². The summed E-state index contributed by atoms with van der Waals surface area (Å²) in [5, 5.41) is 28.2. The van der Waals surface area contributed by atoms with E-state index >= 15 is 0 Å². The zero-order valence-corrected chi connectivity index (χ0v) is 12.3. The Hall–Kier alpha value is -1.56. The minimum atomic E-state index is -4.21. The van der Waals surface area contributed by atoms with E-state index in [2.05, 4.69) is 0 Å². The Kier molecular flexibility index (Phi) is 5.39. The maximum absolute atomic E-state index is 12.0. The van der Waals surface area contributed by atoms with E-state index in [1.165, 1.54) is 0 Å². The molecule has 9 nitrogen and oxygen atoms in total. The second-order valence-corrected chi connectivity index (χ2v) is 8.13. The number of nitro groups is 1. The van der Waals surface area contributed by atoms with E-state index in [4.69, 9.17) is 10.2 Å². The van der Waals surface area contributed by atoms with Crippen molar-refractivity contribution in [1.82, 2.24) is 0 Å². The summed E-state index contributed by atoms with van der Waals surface area (Å²) >= 11 is 0. The number of benzene rings is 1. The van der Waals surface area contributed by atoms with Crippen molar-refractivity contribution in [1.29, 1.82) is 0 Å². The molecule has 0 fully saturated rings. The molecule has 0 atom stereocenters. The first-order valence-corrected chi connectivity index (χ1v) is 8.92. The number of hydrogen-bond acceptors (Lipinski definition) is 8. The molecule has 1 aromatic rings. The molecule has 0 spiro atoms. The number of rotatable bonds is 7. The molecule has 0 amide bonds. The second kappa shape index (κ2) is 6.47. The maximum atomic E-state index is 12.0.